The number of pyridine rings is 1. The van der Waals surface area contributed by atoms with E-state index in [0.717, 1.165) is 37.4 Å². The van der Waals surface area contributed by atoms with Gasteiger partial charge in [-0.05, 0) is 30.3 Å². The van der Waals surface area contributed by atoms with E-state index in [0.29, 0.717) is 0 Å². The van der Waals surface area contributed by atoms with Gasteiger partial charge >= 0.3 is 0 Å². The molecule has 4 nitrogen and oxygen atoms in total. The van der Waals surface area contributed by atoms with Crippen LogP contribution in [0.3, 0.4) is 0 Å². The van der Waals surface area contributed by atoms with Crippen LogP contribution in [0.2, 0.25) is 0 Å². The molecule has 5 heteroatoms. The highest BCUT2D eigenvalue weighted by Gasteiger charge is 2.13. The summed E-state index contributed by atoms with van der Waals surface area (Å²) in [5.74, 6) is 0.763. The molecular formula is C18H14N2O2S. The zero-order chi connectivity index (χ0) is 16.0. The van der Waals surface area contributed by atoms with Crippen LogP contribution in [0.1, 0.15) is 0 Å². The Morgan fingerprint density at radius 3 is 2.74 bits per heavy atom. The lowest BCUT2D eigenvalue weighted by atomic mass is 10.1. The summed E-state index contributed by atoms with van der Waals surface area (Å²) < 4.78 is 8.09. The number of benzene rings is 2. The van der Waals surface area contributed by atoms with Crippen molar-refractivity contribution in [1.29, 1.82) is 0 Å². The van der Waals surface area contributed by atoms with Crippen LogP contribution in [0.5, 0.6) is 5.75 Å². The largest absolute Gasteiger partial charge is 0.497 e. The van der Waals surface area contributed by atoms with Crippen LogP contribution in [0, 0.1) is 0 Å². The van der Waals surface area contributed by atoms with Crippen LogP contribution in [0.15, 0.2) is 53.3 Å². The standard InChI is InChI=1S/C18H14N2O2S/c1-20-15-8-7-11(22-2)9-12(15)13(10-17(20)21)18-19-14-5-3-4-6-16(14)23-18/h3-10H,1-2H3. The van der Waals surface area contributed by atoms with Crippen molar-refractivity contribution >= 4 is 32.5 Å². The zero-order valence-electron chi connectivity index (χ0n) is 12.7. The van der Waals surface area contributed by atoms with Crippen molar-refractivity contribution in [2.75, 3.05) is 7.11 Å². The van der Waals surface area contributed by atoms with Gasteiger partial charge in [-0.15, -0.1) is 11.3 Å². The van der Waals surface area contributed by atoms with Crippen LogP contribution < -0.4 is 10.3 Å². The maximum absolute atomic E-state index is 12.3. The van der Waals surface area contributed by atoms with E-state index in [1.54, 1.807) is 36.1 Å². The Kier molecular flexibility index (Phi) is 3.16. The molecule has 2 aromatic carbocycles. The van der Waals surface area contributed by atoms with Gasteiger partial charge in [-0.25, -0.2) is 4.98 Å². The smallest absolute Gasteiger partial charge is 0.251 e. The Morgan fingerprint density at radius 1 is 1.13 bits per heavy atom. The molecule has 114 valence electrons. The summed E-state index contributed by atoms with van der Waals surface area (Å²) in [7, 11) is 3.42. The lowest BCUT2D eigenvalue weighted by Gasteiger charge is -2.10. The predicted octanol–water partition coefficient (Wildman–Crippen LogP) is 3.82. The normalized spacial score (nSPS) is 11.2. The van der Waals surface area contributed by atoms with Gasteiger partial charge in [0.2, 0.25) is 0 Å². The van der Waals surface area contributed by atoms with Crippen LogP contribution in [-0.4, -0.2) is 16.7 Å². The maximum Gasteiger partial charge on any atom is 0.251 e. The van der Waals surface area contributed by atoms with E-state index in [4.69, 9.17) is 4.74 Å². The van der Waals surface area contributed by atoms with Crippen LogP contribution in [0.25, 0.3) is 31.7 Å². The van der Waals surface area contributed by atoms with Gasteiger partial charge in [-0.2, -0.15) is 0 Å². The molecule has 0 aliphatic rings. The van der Waals surface area contributed by atoms with E-state index in [9.17, 15) is 4.79 Å². The molecule has 0 N–H and O–H groups in total. The first-order valence-electron chi connectivity index (χ1n) is 7.21. The topological polar surface area (TPSA) is 44.1 Å². The van der Waals surface area contributed by atoms with E-state index in [-0.39, 0.29) is 5.56 Å². The van der Waals surface area contributed by atoms with Gasteiger partial charge in [0.05, 0.1) is 22.8 Å². The molecule has 0 atom stereocenters. The summed E-state index contributed by atoms with van der Waals surface area (Å²) in [4.78, 5) is 17.0. The van der Waals surface area contributed by atoms with E-state index >= 15 is 0 Å². The molecule has 4 aromatic rings. The Balaban J connectivity index is 2.09. The Hall–Kier alpha value is -2.66. The first-order chi connectivity index (χ1) is 11.2. The van der Waals surface area contributed by atoms with E-state index in [1.165, 1.54) is 0 Å². The van der Waals surface area contributed by atoms with Gasteiger partial charge in [0.15, 0.2) is 0 Å². The summed E-state index contributed by atoms with van der Waals surface area (Å²) >= 11 is 1.59. The van der Waals surface area contributed by atoms with Gasteiger partial charge in [-0.1, -0.05) is 12.1 Å². The molecule has 23 heavy (non-hydrogen) atoms. The van der Waals surface area contributed by atoms with Crippen molar-refractivity contribution in [1.82, 2.24) is 9.55 Å². The lowest BCUT2D eigenvalue weighted by Crippen LogP contribution is -2.16. The van der Waals surface area contributed by atoms with Crippen molar-refractivity contribution in [2.24, 2.45) is 7.05 Å². The first kappa shape index (κ1) is 14.0. The van der Waals surface area contributed by atoms with E-state index in [2.05, 4.69) is 4.98 Å². The van der Waals surface area contributed by atoms with Gasteiger partial charge in [0.25, 0.3) is 5.56 Å². The Morgan fingerprint density at radius 2 is 1.96 bits per heavy atom. The van der Waals surface area contributed by atoms with Crippen LogP contribution in [-0.2, 0) is 7.05 Å². The molecule has 0 aliphatic carbocycles. The van der Waals surface area contributed by atoms with E-state index in [1.807, 2.05) is 42.5 Å². The number of hydrogen-bond donors (Lipinski definition) is 0. The van der Waals surface area contributed by atoms with Crippen molar-refractivity contribution < 1.29 is 4.74 Å². The third-order valence-corrected chi connectivity index (χ3v) is 5.05. The Bertz CT molecular complexity index is 1060. The van der Waals surface area contributed by atoms with Crippen molar-refractivity contribution in [3.05, 3.63) is 58.9 Å². The summed E-state index contributed by atoms with van der Waals surface area (Å²) in [5, 5.41) is 1.81. The molecule has 0 spiro atoms. The molecule has 0 saturated heterocycles. The monoisotopic (exact) mass is 322 g/mol. The quantitative estimate of drug-likeness (QED) is 0.563. The third-order valence-electron chi connectivity index (χ3n) is 3.98. The molecule has 4 rings (SSSR count). The number of rotatable bonds is 2. The number of hydrogen-bond acceptors (Lipinski definition) is 4. The summed E-state index contributed by atoms with van der Waals surface area (Å²) in [6.07, 6.45) is 0. The second-order valence-electron chi connectivity index (χ2n) is 5.33. The van der Waals surface area contributed by atoms with Gasteiger partial charge in [0, 0.05) is 24.1 Å². The third kappa shape index (κ3) is 2.21. The number of aromatic nitrogens is 2. The number of aryl methyl sites for hydroxylation is 1. The number of thiazole rings is 1. The average molecular weight is 322 g/mol. The van der Waals surface area contributed by atoms with Gasteiger partial charge in [0.1, 0.15) is 10.8 Å². The average Bonchev–Trinajstić information content (AvgIpc) is 3.01. The highest BCUT2D eigenvalue weighted by atomic mass is 32.1. The minimum atomic E-state index is -0.0445. The molecule has 2 aromatic heterocycles. The fourth-order valence-electron chi connectivity index (χ4n) is 2.73. The Labute approximate surface area is 136 Å². The lowest BCUT2D eigenvalue weighted by molar-refractivity contribution is 0.415. The highest BCUT2D eigenvalue weighted by molar-refractivity contribution is 7.21. The molecule has 0 amide bonds. The summed E-state index contributed by atoms with van der Waals surface area (Å²) in [5.41, 5.74) is 2.62. The number of fused-ring (bicyclic) bond motifs is 2. The maximum atomic E-state index is 12.3. The molecule has 0 radical (unpaired) electrons. The molecular weight excluding hydrogens is 308 g/mol. The van der Waals surface area contributed by atoms with Crippen molar-refractivity contribution in [2.45, 2.75) is 0 Å². The molecule has 0 bridgehead atoms. The van der Waals surface area contributed by atoms with Gasteiger partial charge < -0.3 is 9.30 Å². The second-order valence-corrected chi connectivity index (χ2v) is 6.36. The minimum Gasteiger partial charge on any atom is -0.497 e. The van der Waals surface area contributed by atoms with Crippen LogP contribution in [0.4, 0.5) is 0 Å². The number of ether oxygens (including phenoxy) is 1. The molecule has 0 aliphatic heterocycles. The zero-order valence-corrected chi connectivity index (χ0v) is 13.6. The number of para-hydroxylation sites is 1. The van der Waals surface area contributed by atoms with Gasteiger partial charge in [-0.3, -0.25) is 4.79 Å². The summed E-state index contributed by atoms with van der Waals surface area (Å²) in [6, 6.07) is 15.4. The second kappa shape index (κ2) is 5.21. The first-order valence-corrected chi connectivity index (χ1v) is 8.03. The van der Waals surface area contributed by atoms with Crippen molar-refractivity contribution in [3.63, 3.8) is 0 Å². The number of methoxy groups -OCH3 is 1. The molecule has 0 fully saturated rings. The molecule has 0 unspecified atom stereocenters. The van der Waals surface area contributed by atoms with E-state index < -0.39 is 0 Å². The number of nitrogens with zero attached hydrogens (tertiary/aromatic N) is 2. The SMILES string of the molecule is COc1ccc2c(c1)c(-c1nc3ccccc3s1)cc(=O)n2C. The molecule has 0 saturated carbocycles. The fraction of sp³-hybridized carbons (Fsp3) is 0.111. The van der Waals surface area contributed by atoms with Crippen LogP contribution >= 0.6 is 11.3 Å². The van der Waals surface area contributed by atoms with Crippen molar-refractivity contribution in [3.8, 4) is 16.3 Å². The fourth-order valence-corrected chi connectivity index (χ4v) is 3.73. The molecule has 2 heterocycles. The summed E-state index contributed by atoms with van der Waals surface area (Å²) in [6.45, 7) is 0. The minimum absolute atomic E-state index is 0.0445. The predicted molar refractivity (Wildman–Crippen MR) is 94.4 cm³/mol. The highest BCUT2D eigenvalue weighted by Crippen LogP contribution is 2.34.